The minimum atomic E-state index is -0.467. The standard InChI is InChI=1S/C20H17ClO5/c1-12(2)25-20(23)11-24-15-7-8-18-16(9-15)17(22)10-19(26-18)13-3-5-14(21)6-4-13/h3-10,12H,11H2,1-2H3. The molecular formula is C20H17ClO5. The number of carbonyl (C=O) groups excluding carboxylic acids is 1. The van der Waals surface area contributed by atoms with Gasteiger partial charge in [-0.1, -0.05) is 11.6 Å². The van der Waals surface area contributed by atoms with E-state index in [0.717, 1.165) is 5.56 Å². The highest BCUT2D eigenvalue weighted by molar-refractivity contribution is 6.30. The molecule has 0 N–H and O–H groups in total. The van der Waals surface area contributed by atoms with Crippen LogP contribution in [0.25, 0.3) is 22.3 Å². The van der Waals surface area contributed by atoms with Crippen LogP contribution in [0, 0.1) is 0 Å². The van der Waals surface area contributed by atoms with Gasteiger partial charge in [0.2, 0.25) is 0 Å². The monoisotopic (exact) mass is 372 g/mol. The number of esters is 1. The summed E-state index contributed by atoms with van der Waals surface area (Å²) in [6, 6.07) is 13.3. The van der Waals surface area contributed by atoms with E-state index in [1.54, 1.807) is 56.3 Å². The van der Waals surface area contributed by atoms with E-state index < -0.39 is 5.97 Å². The Hall–Kier alpha value is -2.79. The van der Waals surface area contributed by atoms with Crippen molar-refractivity contribution < 1.29 is 18.7 Å². The Kier molecular flexibility index (Phi) is 5.28. The molecule has 0 aliphatic carbocycles. The van der Waals surface area contributed by atoms with Gasteiger partial charge in [-0.05, 0) is 56.3 Å². The van der Waals surface area contributed by atoms with Crippen LogP contribution in [-0.2, 0) is 9.53 Å². The molecule has 0 spiro atoms. The predicted molar refractivity (Wildman–Crippen MR) is 99.7 cm³/mol. The lowest BCUT2D eigenvalue weighted by Crippen LogP contribution is -2.18. The van der Waals surface area contributed by atoms with Crippen LogP contribution in [0.5, 0.6) is 5.75 Å². The van der Waals surface area contributed by atoms with E-state index in [1.165, 1.54) is 6.07 Å². The molecule has 1 aromatic heterocycles. The van der Waals surface area contributed by atoms with Crippen LogP contribution in [-0.4, -0.2) is 18.7 Å². The van der Waals surface area contributed by atoms with Gasteiger partial charge < -0.3 is 13.9 Å². The largest absolute Gasteiger partial charge is 0.482 e. The summed E-state index contributed by atoms with van der Waals surface area (Å²) in [5, 5.41) is 0.979. The van der Waals surface area contributed by atoms with Crippen molar-refractivity contribution in [3.8, 4) is 17.1 Å². The molecule has 0 atom stereocenters. The van der Waals surface area contributed by atoms with Crippen LogP contribution < -0.4 is 10.2 Å². The molecule has 0 amide bonds. The second-order valence-electron chi connectivity index (χ2n) is 5.97. The first-order valence-corrected chi connectivity index (χ1v) is 8.46. The molecule has 2 aromatic carbocycles. The molecule has 0 aliphatic rings. The molecule has 3 rings (SSSR count). The lowest BCUT2D eigenvalue weighted by Gasteiger charge is -2.10. The number of hydrogen-bond donors (Lipinski definition) is 0. The second kappa shape index (κ2) is 7.62. The first-order chi connectivity index (χ1) is 12.4. The number of carbonyl (C=O) groups is 1. The van der Waals surface area contributed by atoms with Gasteiger partial charge in [0.15, 0.2) is 12.0 Å². The second-order valence-corrected chi connectivity index (χ2v) is 6.40. The molecule has 6 heteroatoms. The van der Waals surface area contributed by atoms with E-state index >= 15 is 0 Å². The molecule has 0 bridgehead atoms. The summed E-state index contributed by atoms with van der Waals surface area (Å²) in [4.78, 5) is 24.0. The number of ether oxygens (including phenoxy) is 2. The number of benzene rings is 2. The molecule has 0 fully saturated rings. The van der Waals surface area contributed by atoms with E-state index in [9.17, 15) is 9.59 Å². The topological polar surface area (TPSA) is 65.7 Å². The van der Waals surface area contributed by atoms with Gasteiger partial charge in [-0.3, -0.25) is 4.79 Å². The summed E-state index contributed by atoms with van der Waals surface area (Å²) in [6.45, 7) is 3.30. The maximum absolute atomic E-state index is 12.4. The lowest BCUT2D eigenvalue weighted by molar-refractivity contribution is -0.149. The maximum Gasteiger partial charge on any atom is 0.344 e. The summed E-state index contributed by atoms with van der Waals surface area (Å²) in [5.74, 6) is 0.378. The summed E-state index contributed by atoms with van der Waals surface area (Å²) in [5.41, 5.74) is 0.983. The van der Waals surface area contributed by atoms with Crippen molar-refractivity contribution in [3.63, 3.8) is 0 Å². The van der Waals surface area contributed by atoms with Gasteiger partial charge in [-0.25, -0.2) is 4.79 Å². The van der Waals surface area contributed by atoms with Crippen LogP contribution >= 0.6 is 11.6 Å². The van der Waals surface area contributed by atoms with E-state index in [0.29, 0.717) is 27.5 Å². The molecule has 0 saturated heterocycles. The Morgan fingerprint density at radius 1 is 1.12 bits per heavy atom. The zero-order valence-corrected chi connectivity index (χ0v) is 15.1. The molecule has 3 aromatic rings. The SMILES string of the molecule is CC(C)OC(=O)COc1ccc2oc(-c3ccc(Cl)cc3)cc(=O)c2c1. The Labute approximate surface area is 155 Å². The summed E-state index contributed by atoms with van der Waals surface area (Å²) in [7, 11) is 0. The molecule has 0 aliphatic heterocycles. The van der Waals surface area contributed by atoms with Crippen molar-refractivity contribution >= 4 is 28.5 Å². The van der Waals surface area contributed by atoms with E-state index in [4.69, 9.17) is 25.5 Å². The molecule has 5 nitrogen and oxygen atoms in total. The van der Waals surface area contributed by atoms with Crippen molar-refractivity contribution in [3.05, 3.63) is 63.8 Å². The maximum atomic E-state index is 12.4. The minimum absolute atomic E-state index is 0.202. The molecule has 0 radical (unpaired) electrons. The third-order valence-corrected chi connectivity index (χ3v) is 3.80. The van der Waals surface area contributed by atoms with Crippen molar-refractivity contribution in [1.29, 1.82) is 0 Å². The Bertz CT molecular complexity index is 989. The smallest absolute Gasteiger partial charge is 0.344 e. The fourth-order valence-corrected chi connectivity index (χ4v) is 2.55. The molecule has 1 heterocycles. The third kappa shape index (κ3) is 4.24. The minimum Gasteiger partial charge on any atom is -0.482 e. The first kappa shape index (κ1) is 18.0. The van der Waals surface area contributed by atoms with Crippen LogP contribution in [0.1, 0.15) is 13.8 Å². The van der Waals surface area contributed by atoms with Crippen LogP contribution in [0.3, 0.4) is 0 Å². The van der Waals surface area contributed by atoms with Crippen molar-refractivity contribution in [2.45, 2.75) is 20.0 Å². The average Bonchev–Trinajstić information content (AvgIpc) is 2.60. The molecular weight excluding hydrogens is 356 g/mol. The van der Waals surface area contributed by atoms with E-state index in [-0.39, 0.29) is 18.1 Å². The molecule has 26 heavy (non-hydrogen) atoms. The van der Waals surface area contributed by atoms with Gasteiger partial charge in [0, 0.05) is 16.7 Å². The number of rotatable bonds is 5. The highest BCUT2D eigenvalue weighted by atomic mass is 35.5. The van der Waals surface area contributed by atoms with E-state index in [2.05, 4.69) is 0 Å². The van der Waals surface area contributed by atoms with Gasteiger partial charge >= 0.3 is 5.97 Å². The zero-order valence-electron chi connectivity index (χ0n) is 14.3. The Morgan fingerprint density at radius 3 is 2.54 bits per heavy atom. The Balaban J connectivity index is 1.85. The third-order valence-electron chi connectivity index (χ3n) is 3.55. The highest BCUT2D eigenvalue weighted by Gasteiger charge is 2.10. The predicted octanol–water partition coefficient (Wildman–Crippen LogP) is 4.44. The summed E-state index contributed by atoms with van der Waals surface area (Å²) >= 11 is 5.88. The summed E-state index contributed by atoms with van der Waals surface area (Å²) < 4.78 is 16.2. The van der Waals surface area contributed by atoms with Crippen molar-refractivity contribution in [2.24, 2.45) is 0 Å². The number of halogens is 1. The molecule has 0 unspecified atom stereocenters. The van der Waals surface area contributed by atoms with Gasteiger partial charge in [-0.2, -0.15) is 0 Å². The summed E-state index contributed by atoms with van der Waals surface area (Å²) in [6.07, 6.45) is -0.207. The van der Waals surface area contributed by atoms with Crippen molar-refractivity contribution in [2.75, 3.05) is 6.61 Å². The fourth-order valence-electron chi connectivity index (χ4n) is 2.42. The van der Waals surface area contributed by atoms with Gasteiger partial charge in [0.05, 0.1) is 11.5 Å². The van der Waals surface area contributed by atoms with Crippen LogP contribution in [0.4, 0.5) is 0 Å². The van der Waals surface area contributed by atoms with Gasteiger partial charge in [-0.15, -0.1) is 0 Å². The lowest BCUT2D eigenvalue weighted by atomic mass is 10.1. The molecule has 134 valence electrons. The Morgan fingerprint density at radius 2 is 1.85 bits per heavy atom. The molecule has 0 saturated carbocycles. The fraction of sp³-hybridized carbons (Fsp3) is 0.200. The highest BCUT2D eigenvalue weighted by Crippen LogP contribution is 2.25. The first-order valence-electron chi connectivity index (χ1n) is 8.08. The average molecular weight is 373 g/mol. The quantitative estimate of drug-likeness (QED) is 0.619. The van der Waals surface area contributed by atoms with Gasteiger partial charge in [0.25, 0.3) is 0 Å². The van der Waals surface area contributed by atoms with Gasteiger partial charge in [0.1, 0.15) is 17.1 Å². The van der Waals surface area contributed by atoms with Crippen molar-refractivity contribution in [1.82, 2.24) is 0 Å². The van der Waals surface area contributed by atoms with E-state index in [1.807, 2.05) is 0 Å². The number of fused-ring (bicyclic) bond motifs is 1. The normalized spacial score (nSPS) is 10.9. The zero-order chi connectivity index (χ0) is 18.7. The van der Waals surface area contributed by atoms with Crippen LogP contribution in [0.15, 0.2) is 57.7 Å². The number of hydrogen-bond acceptors (Lipinski definition) is 5. The van der Waals surface area contributed by atoms with Crippen LogP contribution in [0.2, 0.25) is 5.02 Å².